The van der Waals surface area contributed by atoms with Gasteiger partial charge in [0.25, 0.3) is 5.91 Å². The number of carbonyl (C=O) groups is 2. The summed E-state index contributed by atoms with van der Waals surface area (Å²) in [7, 11) is 0. The Kier molecular flexibility index (Phi) is 5.31. The Morgan fingerprint density at radius 3 is 2.72 bits per heavy atom. The molecule has 1 aliphatic carbocycles. The fourth-order valence-corrected chi connectivity index (χ4v) is 4.48. The van der Waals surface area contributed by atoms with Crippen molar-refractivity contribution in [3.63, 3.8) is 0 Å². The molecule has 1 aromatic heterocycles. The molecule has 0 bridgehead atoms. The zero-order valence-electron chi connectivity index (χ0n) is 18.3. The number of hydrogen-bond acceptors (Lipinski definition) is 6. The molecule has 0 spiro atoms. The van der Waals surface area contributed by atoms with Crippen LogP contribution in [0, 0.1) is 23.7 Å². The normalized spacial score (nSPS) is 20.0. The average molecular weight is 428 g/mol. The summed E-state index contributed by atoms with van der Waals surface area (Å²) in [5.74, 6) is -0.899. The second kappa shape index (κ2) is 7.97. The molecule has 1 amide bonds. The lowest BCUT2D eigenvalue weighted by molar-refractivity contribution is -0.118. The molecule has 162 valence electrons. The number of aromatic nitrogens is 1. The summed E-state index contributed by atoms with van der Waals surface area (Å²) in [5.41, 5.74) is 12.6. The Bertz CT molecular complexity index is 1200. The van der Waals surface area contributed by atoms with E-state index in [2.05, 4.69) is 16.5 Å². The van der Waals surface area contributed by atoms with E-state index in [0.29, 0.717) is 29.7 Å². The number of aryl methyl sites for hydroxylation is 1. The monoisotopic (exact) mass is 427 g/mol. The number of Topliss-reactive ketones (excluding diaryl/α,β-unsaturated/α-hetero) is 1. The predicted octanol–water partition coefficient (Wildman–Crippen LogP) is 3.47. The molecular formula is C25H25N5O2. The Labute approximate surface area is 187 Å². The minimum atomic E-state index is -0.565. The zero-order valence-corrected chi connectivity index (χ0v) is 18.3. The zero-order chi connectivity index (χ0) is 23.0. The van der Waals surface area contributed by atoms with E-state index in [1.807, 2.05) is 45.0 Å². The van der Waals surface area contributed by atoms with Crippen molar-refractivity contribution in [3.05, 3.63) is 88.1 Å². The summed E-state index contributed by atoms with van der Waals surface area (Å²) in [6.07, 6.45) is 3.92. The molecular weight excluding hydrogens is 402 g/mol. The quantitative estimate of drug-likeness (QED) is 0.776. The first kappa shape index (κ1) is 21.3. The van der Waals surface area contributed by atoms with Crippen LogP contribution < -0.4 is 11.2 Å². The lowest BCUT2D eigenvalue weighted by atomic mass is 9.69. The SMILES string of the molecule is Cc1cccc(C2C(C#N)=C(N)N(NC(=O)c3cccnc3)C3=C2C(=O)CC(C)(C)C3)c1. The highest BCUT2D eigenvalue weighted by molar-refractivity contribution is 6.00. The minimum Gasteiger partial charge on any atom is -0.383 e. The van der Waals surface area contributed by atoms with E-state index >= 15 is 0 Å². The maximum atomic E-state index is 13.4. The first-order chi connectivity index (χ1) is 15.2. The highest BCUT2D eigenvalue weighted by Gasteiger charge is 2.44. The molecule has 32 heavy (non-hydrogen) atoms. The van der Waals surface area contributed by atoms with E-state index in [4.69, 9.17) is 5.73 Å². The number of nitrogens with zero attached hydrogens (tertiary/aromatic N) is 3. The fourth-order valence-electron chi connectivity index (χ4n) is 4.48. The van der Waals surface area contributed by atoms with Crippen molar-refractivity contribution in [1.29, 1.82) is 5.26 Å². The molecule has 4 rings (SSSR count). The van der Waals surface area contributed by atoms with Gasteiger partial charge in [0.05, 0.1) is 28.8 Å². The van der Waals surface area contributed by atoms with Gasteiger partial charge in [-0.25, -0.2) is 5.01 Å². The van der Waals surface area contributed by atoms with Crippen LogP contribution in [0.5, 0.6) is 0 Å². The van der Waals surface area contributed by atoms with E-state index < -0.39 is 11.8 Å². The molecule has 3 N–H and O–H groups in total. The molecule has 2 heterocycles. The molecule has 1 unspecified atom stereocenters. The third-order valence-corrected chi connectivity index (χ3v) is 5.89. The summed E-state index contributed by atoms with van der Waals surface area (Å²) < 4.78 is 0. The van der Waals surface area contributed by atoms with E-state index in [-0.39, 0.29) is 22.6 Å². The topological polar surface area (TPSA) is 112 Å². The van der Waals surface area contributed by atoms with Gasteiger partial charge in [-0.2, -0.15) is 5.26 Å². The maximum absolute atomic E-state index is 13.4. The minimum absolute atomic E-state index is 0.0383. The standard InChI is InChI=1S/C25H25N5O2/c1-15-6-4-7-16(10-15)21-18(13-26)23(27)30(29-24(32)17-8-5-9-28-14-17)19-11-25(2,3)12-20(31)22(19)21/h4-10,14,21H,11-12,27H2,1-3H3,(H,29,32). The van der Waals surface area contributed by atoms with Crippen LogP contribution in [0.3, 0.4) is 0 Å². The molecule has 0 radical (unpaired) electrons. The van der Waals surface area contributed by atoms with Crippen molar-refractivity contribution in [1.82, 2.24) is 15.4 Å². The van der Waals surface area contributed by atoms with Crippen LogP contribution in [-0.2, 0) is 4.79 Å². The van der Waals surface area contributed by atoms with Crippen LogP contribution in [0.1, 0.15) is 54.1 Å². The second-order valence-corrected chi connectivity index (χ2v) is 9.08. The van der Waals surface area contributed by atoms with Gasteiger partial charge in [-0.3, -0.25) is 20.0 Å². The van der Waals surface area contributed by atoms with E-state index in [1.165, 1.54) is 11.2 Å². The third-order valence-electron chi connectivity index (χ3n) is 5.89. The highest BCUT2D eigenvalue weighted by atomic mass is 16.2. The molecule has 0 saturated heterocycles. The molecule has 0 fully saturated rings. The van der Waals surface area contributed by atoms with Crippen LogP contribution in [0.15, 0.2) is 71.5 Å². The van der Waals surface area contributed by atoms with Gasteiger partial charge >= 0.3 is 0 Å². The predicted molar refractivity (Wildman–Crippen MR) is 119 cm³/mol. The van der Waals surface area contributed by atoms with Crippen LogP contribution in [0.2, 0.25) is 0 Å². The average Bonchev–Trinajstić information content (AvgIpc) is 2.75. The Morgan fingerprint density at radius 1 is 1.28 bits per heavy atom. The van der Waals surface area contributed by atoms with Crippen molar-refractivity contribution in [2.75, 3.05) is 0 Å². The molecule has 7 heteroatoms. The van der Waals surface area contributed by atoms with E-state index in [9.17, 15) is 14.9 Å². The van der Waals surface area contributed by atoms with Gasteiger partial charge in [-0.15, -0.1) is 0 Å². The van der Waals surface area contributed by atoms with Gasteiger partial charge in [0, 0.05) is 24.4 Å². The number of hydrazine groups is 1. The van der Waals surface area contributed by atoms with E-state index in [1.54, 1.807) is 18.3 Å². The van der Waals surface area contributed by atoms with Crippen molar-refractivity contribution >= 4 is 11.7 Å². The number of nitrogens with one attached hydrogen (secondary N) is 1. The number of benzene rings is 1. The molecule has 2 aliphatic rings. The molecule has 1 aromatic carbocycles. The highest BCUT2D eigenvalue weighted by Crippen LogP contribution is 2.48. The van der Waals surface area contributed by atoms with Crippen molar-refractivity contribution in [3.8, 4) is 6.07 Å². The first-order valence-electron chi connectivity index (χ1n) is 10.5. The molecule has 1 aliphatic heterocycles. The Morgan fingerprint density at radius 2 is 2.06 bits per heavy atom. The third kappa shape index (κ3) is 3.76. The van der Waals surface area contributed by atoms with Gasteiger partial charge in [0.2, 0.25) is 0 Å². The summed E-state index contributed by atoms with van der Waals surface area (Å²) in [4.78, 5) is 30.3. The number of nitrogens with two attached hydrogens (primary N) is 1. The summed E-state index contributed by atoms with van der Waals surface area (Å²) >= 11 is 0. The lowest BCUT2D eigenvalue weighted by Gasteiger charge is -2.43. The van der Waals surface area contributed by atoms with Crippen LogP contribution in [0.4, 0.5) is 0 Å². The largest absolute Gasteiger partial charge is 0.383 e. The molecule has 2 aromatic rings. The molecule has 0 saturated carbocycles. The van der Waals surface area contributed by atoms with Crippen molar-refractivity contribution < 1.29 is 9.59 Å². The first-order valence-corrected chi connectivity index (χ1v) is 10.5. The maximum Gasteiger partial charge on any atom is 0.271 e. The lowest BCUT2D eigenvalue weighted by Crippen LogP contribution is -2.49. The number of pyridine rings is 1. The van der Waals surface area contributed by atoms with Gasteiger partial charge in [0.1, 0.15) is 5.82 Å². The summed E-state index contributed by atoms with van der Waals surface area (Å²) in [6, 6.07) is 13.2. The molecule has 7 nitrogen and oxygen atoms in total. The van der Waals surface area contributed by atoms with Gasteiger partial charge in [-0.05, 0) is 36.5 Å². The Hall–Kier alpha value is -3.92. The number of rotatable bonds is 3. The number of carbonyl (C=O) groups excluding carboxylic acids is 2. The van der Waals surface area contributed by atoms with Crippen molar-refractivity contribution in [2.24, 2.45) is 11.1 Å². The number of amides is 1. The van der Waals surface area contributed by atoms with Gasteiger partial charge in [0.15, 0.2) is 5.78 Å². The molecule has 1 atom stereocenters. The fraction of sp³-hybridized carbons (Fsp3) is 0.280. The Balaban J connectivity index is 1.87. The smallest absolute Gasteiger partial charge is 0.271 e. The van der Waals surface area contributed by atoms with Gasteiger partial charge in [-0.1, -0.05) is 43.7 Å². The number of ketones is 1. The van der Waals surface area contributed by atoms with Crippen molar-refractivity contribution in [2.45, 2.75) is 39.5 Å². The van der Waals surface area contributed by atoms with E-state index in [0.717, 1.165) is 11.1 Å². The summed E-state index contributed by atoms with van der Waals surface area (Å²) in [6.45, 7) is 5.99. The number of hydrogen-bond donors (Lipinski definition) is 2. The summed E-state index contributed by atoms with van der Waals surface area (Å²) in [5, 5.41) is 11.5. The number of allylic oxidation sites excluding steroid dienone is 3. The van der Waals surface area contributed by atoms with Gasteiger partial charge < -0.3 is 5.73 Å². The van der Waals surface area contributed by atoms with Crippen LogP contribution in [-0.4, -0.2) is 21.7 Å². The van der Waals surface area contributed by atoms with Crippen LogP contribution in [0.25, 0.3) is 0 Å². The number of nitriles is 1. The van der Waals surface area contributed by atoms with Crippen LogP contribution >= 0.6 is 0 Å². The second-order valence-electron chi connectivity index (χ2n) is 9.08.